The molecule has 0 aromatic carbocycles. The van der Waals surface area contributed by atoms with Crippen molar-refractivity contribution in [3.05, 3.63) is 0 Å². The molecule has 2 heterocycles. The Morgan fingerprint density at radius 2 is 0.664 bits per heavy atom. The number of nitrogens with zero attached hydrogens (tertiary/aromatic N) is 1. The van der Waals surface area contributed by atoms with Crippen LogP contribution in [0.5, 0.6) is 0 Å². The van der Waals surface area contributed by atoms with E-state index in [-0.39, 0.29) is 196 Å². The van der Waals surface area contributed by atoms with Gasteiger partial charge < -0.3 is 115 Å². The zero-order valence-corrected chi connectivity index (χ0v) is 103. The molecular weight excluding hydrogens is 2410 g/mol. The number of rotatable bonds is 48. The van der Waals surface area contributed by atoms with Gasteiger partial charge in [-0.15, -0.1) is 0 Å². The van der Waals surface area contributed by atoms with Crippen molar-refractivity contribution in [1.29, 1.82) is 0 Å². The molecule has 137 heavy (non-hydrogen) atoms. The van der Waals surface area contributed by atoms with Crippen LogP contribution in [0.15, 0.2) is 0 Å². The van der Waals surface area contributed by atoms with E-state index < -0.39 is 75.9 Å². The standard InChI is InChI=1S/C50H89BrN6O13.C40H73BrN4O10.C5H8N2O2.B.2Rf/c1-35(59)54-36-18-43(2,3)22-46(8,20-36)25-52-40(62)68-16-14-15-17-69-41(63)53-26-47(9)21-37(19-44(4,5)23-47)55-42(64)70-34-50(12,28-58)33-67-32-49(11,31-66-30-48(10,24-51)29-65-13)27-57-38(60)45(6,7)56-39(57)61;1-29(47)44-30-15-35(2,3)19-37(6,17-30)22-42-32(48)53-13-11-12-14-54-33(49)43-23-38(7)18-31(16-36(4,5)20-38)45-34(50)55-28-40(9,24-46)27-52-26-39(8,21-41)25-51-10;1-5(2)3(8)6-4(9)7-5;;;/h36-37,58H,14-34H2,1-13H3,(H,52,62)(H,53,63)(H,54,59)(H,55,64)(H,56,61);30-31,46H,11-28H2,1-10H3,(H,42,48)(H,43,49)(H,44,47)(H,45,50);1-2H3,(H2,6,7,8,9);;;. The summed E-state index contributed by atoms with van der Waals surface area (Å²) in [5.41, 5.74) is -6.11. The van der Waals surface area contributed by atoms with Gasteiger partial charge in [0.2, 0.25) is 11.8 Å². The number of carbonyl (C=O) groups excluding carboxylic acids is 12. The smallest absolute Gasteiger partial charge is 0.407 e. The minimum absolute atomic E-state index is 0. The number of imide groups is 2. The minimum atomic E-state index is -1.05. The number of nitrogens with one attached hydrogen (secondary N) is 11. The number of unbranched alkanes of at least 4 members (excludes halogenated alkanes) is 2. The Kier molecular flexibility index (Phi) is 50.0. The van der Waals surface area contributed by atoms with Gasteiger partial charge in [-0.25, -0.2) is 38.4 Å². The number of hydrogen-bond donors (Lipinski definition) is 13. The van der Waals surface area contributed by atoms with Crippen molar-refractivity contribution in [2.75, 3.05) is 163 Å². The quantitative estimate of drug-likeness (QED) is 0.00884. The zero-order valence-electron chi connectivity index (χ0n) is 87.4. The molecule has 0 bridgehead atoms. The first-order valence-corrected chi connectivity index (χ1v) is 49.4. The van der Waals surface area contributed by atoms with Crippen LogP contribution in [0.4, 0.5) is 38.4 Å². The summed E-state index contributed by atoms with van der Waals surface area (Å²) in [6.45, 7) is 48.7. The van der Waals surface area contributed by atoms with Gasteiger partial charge in [-0.1, -0.05) is 150 Å². The van der Waals surface area contributed by atoms with Crippen molar-refractivity contribution < 1.29 is 120 Å². The summed E-state index contributed by atoms with van der Waals surface area (Å²) in [5, 5.41) is 52.8. The molecule has 6 fully saturated rings. The molecule has 781 valence electrons. The molecule has 6 aliphatic rings. The van der Waals surface area contributed by atoms with Gasteiger partial charge in [0.05, 0.1) is 92.5 Å². The third kappa shape index (κ3) is 46.0. The fraction of sp³-hybridized carbons (Fsp3) is 0.874. The number of halogens is 2. The number of alkyl carbamates (subject to hydrolysis) is 6. The van der Waals surface area contributed by atoms with E-state index in [0.717, 1.165) is 57.8 Å². The predicted octanol–water partition coefficient (Wildman–Crippen LogP) is 12.2. The van der Waals surface area contributed by atoms with Gasteiger partial charge in [-0.05, 0) is 174 Å². The maximum absolute atomic E-state index is 13.3. The summed E-state index contributed by atoms with van der Waals surface area (Å²) >= 11 is 7.05. The van der Waals surface area contributed by atoms with Gasteiger partial charge in [0, 0.05) is 131 Å². The topological polar surface area (TPSA) is 482 Å². The number of methoxy groups -OCH3 is 2. The van der Waals surface area contributed by atoms with Crippen molar-refractivity contribution in [3.8, 4) is 0 Å². The second-order valence-corrected chi connectivity index (χ2v) is 47.8. The molecule has 0 aromatic rings. The molecule has 13 N–H and O–H groups in total. The molecule has 0 spiro atoms. The average Bonchev–Trinajstić information content (AvgIpc) is 1.78. The zero-order chi connectivity index (χ0) is 101. The second-order valence-electron chi connectivity index (χ2n) is 46.7. The molecule has 4 saturated carbocycles. The van der Waals surface area contributed by atoms with Gasteiger partial charge >= 0.3 is 48.6 Å². The van der Waals surface area contributed by atoms with Crippen LogP contribution >= 0.6 is 31.9 Å². The first-order chi connectivity index (χ1) is 61.8. The average molecular weight is 2590 g/mol. The van der Waals surface area contributed by atoms with E-state index in [1.807, 2.05) is 27.7 Å². The van der Waals surface area contributed by atoms with Crippen LogP contribution < -0.4 is 58.5 Å². The van der Waals surface area contributed by atoms with Crippen LogP contribution in [0, 0.1) is 70.4 Å². The Bertz CT molecular complexity index is 3870. The van der Waals surface area contributed by atoms with E-state index in [0.29, 0.717) is 108 Å². The molecule has 2 saturated heterocycles. The van der Waals surface area contributed by atoms with E-state index in [9.17, 15) is 67.7 Å². The first kappa shape index (κ1) is 126. The maximum atomic E-state index is 13.3. The van der Waals surface area contributed by atoms with E-state index in [2.05, 4.69) is 173 Å². The summed E-state index contributed by atoms with van der Waals surface area (Å²) in [7, 11) is 3.27. The number of ether oxygens (including phenoxy) is 11. The largest absolute Gasteiger partial charge is 0.450 e. The molecule has 4 aliphatic carbocycles. The molecule has 13 atom stereocenters. The van der Waals surface area contributed by atoms with Gasteiger partial charge in [-0.2, -0.15) is 0 Å². The van der Waals surface area contributed by atoms with Gasteiger partial charge in [0.15, 0.2) is 0 Å². The summed E-state index contributed by atoms with van der Waals surface area (Å²) in [4.78, 5) is 148. The molecule has 3 radical (unpaired) electrons. The summed E-state index contributed by atoms with van der Waals surface area (Å²) < 4.78 is 61.8. The van der Waals surface area contributed by atoms with Crippen LogP contribution in [0.25, 0.3) is 0 Å². The molecule has 6 rings (SSSR count). The Balaban J connectivity index is 0.00000125. The van der Waals surface area contributed by atoms with E-state index in [4.69, 9.17) is 52.1 Å². The molecule has 37 nitrogen and oxygen atoms in total. The minimum Gasteiger partial charge on any atom is -0.450 e. The van der Waals surface area contributed by atoms with E-state index in [1.165, 1.54) is 18.7 Å². The van der Waals surface area contributed by atoms with Crippen LogP contribution in [0.1, 0.15) is 262 Å². The van der Waals surface area contributed by atoms with Crippen molar-refractivity contribution in [1.82, 2.24) is 63.4 Å². The van der Waals surface area contributed by atoms with Crippen molar-refractivity contribution in [2.24, 2.45) is 70.4 Å². The number of amides is 14. The summed E-state index contributed by atoms with van der Waals surface area (Å²) in [6.07, 6.45) is 8.34. The molecular formula is C95H170BBr2N12O25Rf2. The monoisotopic (exact) mass is 2580 g/mol. The van der Waals surface area contributed by atoms with Crippen molar-refractivity contribution in [3.63, 3.8) is 0 Å². The van der Waals surface area contributed by atoms with Crippen LogP contribution in [0.2, 0.25) is 0 Å². The number of hydrogen-bond acceptors (Lipinski definition) is 25. The number of alkyl halides is 2. The maximum Gasteiger partial charge on any atom is 0.407 e. The number of urea groups is 2. The number of aliphatic hydroxyl groups excluding tert-OH is 2. The Hall–Kier alpha value is -8.82. The normalized spacial score (nSPS) is 25.7. The number of aliphatic hydroxyl groups is 2. The fourth-order valence-corrected chi connectivity index (χ4v) is 21.0. The summed E-state index contributed by atoms with van der Waals surface area (Å²) in [6, 6.07) is -1.20. The molecule has 42 heteroatoms. The molecule has 14 amide bonds. The van der Waals surface area contributed by atoms with Crippen LogP contribution in [0.3, 0.4) is 0 Å². The Morgan fingerprint density at radius 1 is 0.387 bits per heavy atom. The fourth-order valence-electron chi connectivity index (χ4n) is 20.3. The van der Waals surface area contributed by atoms with Gasteiger partial charge in [-0.3, -0.25) is 29.4 Å². The van der Waals surface area contributed by atoms with E-state index in [1.54, 1.807) is 48.8 Å². The first-order valence-electron chi connectivity index (χ1n) is 47.2. The molecule has 2 aliphatic heterocycles. The van der Waals surface area contributed by atoms with Gasteiger partial charge in [0.25, 0.3) is 11.8 Å². The van der Waals surface area contributed by atoms with Crippen molar-refractivity contribution in [2.45, 2.75) is 297 Å². The molecule has 13 unspecified atom stereocenters. The van der Waals surface area contributed by atoms with Gasteiger partial charge in [0.1, 0.15) is 24.3 Å². The van der Waals surface area contributed by atoms with Crippen LogP contribution in [-0.4, -0.2) is 294 Å². The van der Waals surface area contributed by atoms with E-state index >= 15 is 0 Å². The SMILES string of the molecule is CC1(C)NC(=O)NC1=O.COCC(C)(CBr)COCC(C)(CO)COC(=O)NC1CC(C)(C)CC(C)(CNC(=O)OCCCCOC(=O)NCC2(C)CC(NC(C)=O)CC(C)(C)C2)C1.COCC(C)(CBr)COCC(C)(COCC(C)(CO)COC(=O)NC1CC(C)(C)CC(C)(CNC(=O)OCCCCOC(=O)NCC2(C)CC(NC(C)=O)CC(C)(C)C2)C1)CN1C(=O)NC(C)(C)C1=O.[B].[Rf].[Rf]. The third-order valence-corrected chi connectivity index (χ3v) is 28.0. The molecule has 0 aromatic heterocycles. The number of carbonyl (C=O) groups is 12. The Morgan fingerprint density at radius 3 is 0.891 bits per heavy atom. The van der Waals surface area contributed by atoms with Crippen LogP contribution in [-0.2, 0) is 71.3 Å². The predicted molar refractivity (Wildman–Crippen MR) is 520 cm³/mol. The Labute approximate surface area is 822 Å². The van der Waals surface area contributed by atoms with Crippen molar-refractivity contribution >= 4 is 113 Å². The third-order valence-electron chi connectivity index (χ3n) is 25.3. The second kappa shape index (κ2) is 54.3. The summed E-state index contributed by atoms with van der Waals surface area (Å²) in [5.74, 6) is -0.721.